The number of carbonyl (C=O) groups is 1. The monoisotopic (exact) mass is 320 g/mol. The zero-order chi connectivity index (χ0) is 16.1. The number of hydrogen-bond acceptors (Lipinski definition) is 3. The maximum atomic E-state index is 12.7. The lowest BCUT2D eigenvalue weighted by Gasteiger charge is -2.37. The molecule has 0 aromatic heterocycles. The molecule has 2 saturated carbocycles. The Kier molecular flexibility index (Phi) is 3.92. The standard InChI is InChI=1S/C12H14F6O3/c13-11(14,15)10(20,12(16,17)18)4-7-1-6-2-8(7)9(3-6)21-5-19/h5-9,20H,1-4H2. The third-order valence-electron chi connectivity index (χ3n) is 4.62. The Hall–Kier alpha value is -0.990. The lowest BCUT2D eigenvalue weighted by atomic mass is 9.78. The number of aliphatic hydroxyl groups is 1. The number of carbonyl (C=O) groups excluding carboxylic acids is 1. The summed E-state index contributed by atoms with van der Waals surface area (Å²) in [5.41, 5.74) is -4.72. The number of alkyl halides is 6. The topological polar surface area (TPSA) is 46.5 Å². The lowest BCUT2D eigenvalue weighted by molar-refractivity contribution is -0.373. The smallest absolute Gasteiger partial charge is 0.426 e. The van der Waals surface area contributed by atoms with Crippen molar-refractivity contribution in [3.8, 4) is 0 Å². The van der Waals surface area contributed by atoms with Crippen LogP contribution in [-0.2, 0) is 9.53 Å². The molecule has 9 heteroatoms. The fourth-order valence-corrected chi connectivity index (χ4v) is 3.66. The Balaban J connectivity index is 2.17. The molecule has 4 unspecified atom stereocenters. The van der Waals surface area contributed by atoms with Crippen molar-refractivity contribution in [1.29, 1.82) is 0 Å². The van der Waals surface area contributed by atoms with Gasteiger partial charge in [0.1, 0.15) is 6.10 Å². The summed E-state index contributed by atoms with van der Waals surface area (Å²) in [7, 11) is 0. The van der Waals surface area contributed by atoms with Crippen molar-refractivity contribution in [2.45, 2.75) is 49.7 Å². The molecule has 1 N–H and O–H groups in total. The summed E-state index contributed by atoms with van der Waals surface area (Å²) in [6.07, 6.45) is -12.6. The molecule has 122 valence electrons. The quantitative estimate of drug-likeness (QED) is 0.640. The summed E-state index contributed by atoms with van der Waals surface area (Å²) in [4.78, 5) is 10.3. The van der Waals surface area contributed by atoms with Gasteiger partial charge in [0, 0.05) is 0 Å². The van der Waals surface area contributed by atoms with Gasteiger partial charge in [-0.2, -0.15) is 26.3 Å². The van der Waals surface area contributed by atoms with Crippen molar-refractivity contribution in [3.05, 3.63) is 0 Å². The van der Waals surface area contributed by atoms with Gasteiger partial charge in [-0.1, -0.05) is 0 Å². The number of halogens is 6. The Morgan fingerprint density at radius 3 is 2.05 bits per heavy atom. The van der Waals surface area contributed by atoms with Crippen molar-refractivity contribution in [3.63, 3.8) is 0 Å². The van der Waals surface area contributed by atoms with Crippen molar-refractivity contribution < 1.29 is 41.0 Å². The second kappa shape index (κ2) is 5.03. The minimum Gasteiger partial charge on any atom is -0.464 e. The number of rotatable bonds is 4. The minimum atomic E-state index is -5.80. The van der Waals surface area contributed by atoms with Gasteiger partial charge in [-0.3, -0.25) is 4.79 Å². The molecule has 4 atom stereocenters. The summed E-state index contributed by atoms with van der Waals surface area (Å²) in [5, 5.41) is 9.23. The molecule has 3 nitrogen and oxygen atoms in total. The van der Waals surface area contributed by atoms with Gasteiger partial charge in [-0.15, -0.1) is 0 Å². The summed E-state index contributed by atoms with van der Waals surface area (Å²) in [6, 6.07) is 0. The first kappa shape index (κ1) is 16.4. The molecule has 0 saturated heterocycles. The van der Waals surface area contributed by atoms with Crippen LogP contribution in [0.2, 0.25) is 0 Å². The van der Waals surface area contributed by atoms with Gasteiger partial charge in [-0.25, -0.2) is 0 Å². The van der Waals surface area contributed by atoms with Crippen LogP contribution in [0, 0.1) is 17.8 Å². The average Bonchev–Trinajstić information content (AvgIpc) is 2.85. The average molecular weight is 320 g/mol. The molecule has 2 aliphatic rings. The largest absolute Gasteiger partial charge is 0.464 e. The van der Waals surface area contributed by atoms with E-state index in [-0.39, 0.29) is 18.8 Å². The first-order valence-electron chi connectivity index (χ1n) is 6.44. The van der Waals surface area contributed by atoms with E-state index >= 15 is 0 Å². The number of hydrogen-bond donors (Lipinski definition) is 1. The van der Waals surface area contributed by atoms with Crippen LogP contribution in [-0.4, -0.2) is 35.6 Å². The van der Waals surface area contributed by atoms with Gasteiger partial charge in [0.15, 0.2) is 0 Å². The molecule has 0 amide bonds. The maximum absolute atomic E-state index is 12.7. The Morgan fingerprint density at radius 2 is 1.62 bits per heavy atom. The highest BCUT2D eigenvalue weighted by atomic mass is 19.4. The summed E-state index contributed by atoms with van der Waals surface area (Å²) >= 11 is 0. The van der Waals surface area contributed by atoms with E-state index in [1.54, 1.807) is 0 Å². The molecule has 2 bridgehead atoms. The van der Waals surface area contributed by atoms with Crippen LogP contribution in [0.1, 0.15) is 25.7 Å². The second-order valence-corrected chi connectivity index (χ2v) is 5.83. The first-order chi connectivity index (χ1) is 9.49. The molecule has 21 heavy (non-hydrogen) atoms. The molecule has 0 aliphatic heterocycles. The van der Waals surface area contributed by atoms with Crippen molar-refractivity contribution in [1.82, 2.24) is 0 Å². The van der Waals surface area contributed by atoms with Crippen molar-refractivity contribution >= 4 is 6.47 Å². The minimum absolute atomic E-state index is 0.0596. The van der Waals surface area contributed by atoms with E-state index in [9.17, 15) is 36.2 Å². The fourth-order valence-electron chi connectivity index (χ4n) is 3.66. The van der Waals surface area contributed by atoms with Crippen LogP contribution in [0.5, 0.6) is 0 Å². The lowest BCUT2D eigenvalue weighted by Crippen LogP contribution is -2.58. The van der Waals surface area contributed by atoms with Crippen LogP contribution in [0.3, 0.4) is 0 Å². The van der Waals surface area contributed by atoms with Crippen LogP contribution in [0.15, 0.2) is 0 Å². The summed E-state index contributed by atoms with van der Waals surface area (Å²) in [5.74, 6) is -1.59. The third-order valence-corrected chi connectivity index (χ3v) is 4.62. The Labute approximate surface area is 116 Å². The SMILES string of the molecule is O=COC1CC2CC(CC(O)(C(F)(F)F)C(F)(F)F)C1C2. The van der Waals surface area contributed by atoms with E-state index in [1.807, 2.05) is 0 Å². The molecular weight excluding hydrogens is 306 g/mol. The molecule has 0 aromatic rings. The molecule has 2 fully saturated rings. The van der Waals surface area contributed by atoms with E-state index in [4.69, 9.17) is 4.74 Å². The van der Waals surface area contributed by atoms with Gasteiger partial charge in [0.2, 0.25) is 0 Å². The molecule has 0 spiro atoms. The second-order valence-electron chi connectivity index (χ2n) is 5.83. The predicted octanol–water partition coefficient (Wildman–Crippen LogP) is 2.82. The highest BCUT2D eigenvalue weighted by Crippen LogP contribution is 2.55. The van der Waals surface area contributed by atoms with Gasteiger partial charge < -0.3 is 9.84 Å². The van der Waals surface area contributed by atoms with E-state index in [1.165, 1.54) is 0 Å². The fraction of sp³-hybridized carbons (Fsp3) is 0.917. The normalized spacial score (nSPS) is 33.3. The van der Waals surface area contributed by atoms with Crippen LogP contribution < -0.4 is 0 Å². The van der Waals surface area contributed by atoms with Crippen LogP contribution >= 0.6 is 0 Å². The van der Waals surface area contributed by atoms with E-state index in [2.05, 4.69) is 0 Å². The van der Waals surface area contributed by atoms with E-state index in [0.29, 0.717) is 12.8 Å². The molecular formula is C12H14F6O3. The molecule has 2 aliphatic carbocycles. The van der Waals surface area contributed by atoms with Crippen molar-refractivity contribution in [2.75, 3.05) is 0 Å². The number of fused-ring (bicyclic) bond motifs is 2. The van der Waals surface area contributed by atoms with Crippen LogP contribution in [0.25, 0.3) is 0 Å². The molecule has 0 heterocycles. The predicted molar refractivity (Wildman–Crippen MR) is 56.9 cm³/mol. The van der Waals surface area contributed by atoms with Gasteiger partial charge in [0.25, 0.3) is 12.1 Å². The summed E-state index contributed by atoms with van der Waals surface area (Å²) in [6.45, 7) is 0.155. The number of ether oxygens (including phenoxy) is 1. The highest BCUT2D eigenvalue weighted by molar-refractivity contribution is 5.37. The zero-order valence-corrected chi connectivity index (χ0v) is 10.7. The van der Waals surface area contributed by atoms with Crippen LogP contribution in [0.4, 0.5) is 26.3 Å². The third kappa shape index (κ3) is 2.72. The van der Waals surface area contributed by atoms with E-state index < -0.39 is 42.3 Å². The summed E-state index contributed by atoms with van der Waals surface area (Å²) < 4.78 is 80.8. The Bertz CT molecular complexity index is 391. The molecule has 0 radical (unpaired) electrons. The highest BCUT2D eigenvalue weighted by Gasteiger charge is 2.71. The van der Waals surface area contributed by atoms with E-state index in [0.717, 1.165) is 0 Å². The van der Waals surface area contributed by atoms with Crippen molar-refractivity contribution in [2.24, 2.45) is 17.8 Å². The first-order valence-corrected chi connectivity index (χ1v) is 6.44. The van der Waals surface area contributed by atoms with Gasteiger partial charge >= 0.3 is 12.4 Å². The zero-order valence-electron chi connectivity index (χ0n) is 10.7. The maximum Gasteiger partial charge on any atom is 0.426 e. The molecule has 2 rings (SSSR count). The van der Waals surface area contributed by atoms with Gasteiger partial charge in [0.05, 0.1) is 0 Å². The Morgan fingerprint density at radius 1 is 1.05 bits per heavy atom. The molecule has 0 aromatic carbocycles. The van der Waals surface area contributed by atoms with Gasteiger partial charge in [-0.05, 0) is 43.4 Å².